The van der Waals surface area contributed by atoms with Crippen LogP contribution in [0.3, 0.4) is 0 Å². The second kappa shape index (κ2) is 10.4. The summed E-state index contributed by atoms with van der Waals surface area (Å²) in [5.41, 5.74) is 2.08. The number of nitrogens with one attached hydrogen (secondary N) is 2. The lowest BCUT2D eigenvalue weighted by Crippen LogP contribution is -2.23. The van der Waals surface area contributed by atoms with Crippen LogP contribution in [0.1, 0.15) is 24.0 Å². The van der Waals surface area contributed by atoms with Gasteiger partial charge in [0.1, 0.15) is 6.61 Å². The maximum Gasteiger partial charge on any atom is 0.220 e. The van der Waals surface area contributed by atoms with Gasteiger partial charge in [-0.2, -0.15) is 0 Å². The van der Waals surface area contributed by atoms with Crippen LogP contribution in [0.2, 0.25) is 0 Å². The van der Waals surface area contributed by atoms with Crippen molar-refractivity contribution >= 4 is 5.91 Å². The Morgan fingerprint density at radius 3 is 2.56 bits per heavy atom. The fourth-order valence-electron chi connectivity index (χ4n) is 2.39. The normalized spacial score (nSPS) is 10.3. The van der Waals surface area contributed by atoms with Crippen molar-refractivity contribution in [1.82, 2.24) is 10.6 Å². The highest BCUT2D eigenvalue weighted by molar-refractivity contribution is 5.75. The van der Waals surface area contributed by atoms with Crippen molar-refractivity contribution < 1.29 is 14.3 Å². The van der Waals surface area contributed by atoms with Crippen LogP contribution < -0.4 is 20.1 Å². The summed E-state index contributed by atoms with van der Waals surface area (Å²) in [6, 6.07) is 15.7. The van der Waals surface area contributed by atoms with Crippen LogP contribution in [0.5, 0.6) is 11.5 Å². The van der Waals surface area contributed by atoms with Gasteiger partial charge >= 0.3 is 0 Å². The van der Waals surface area contributed by atoms with Gasteiger partial charge in [-0.15, -0.1) is 0 Å². The lowest BCUT2D eigenvalue weighted by molar-refractivity contribution is -0.121. The molecule has 2 aromatic rings. The Morgan fingerprint density at radius 1 is 1.04 bits per heavy atom. The Labute approximate surface area is 149 Å². The minimum absolute atomic E-state index is 0.0543. The summed E-state index contributed by atoms with van der Waals surface area (Å²) in [5, 5.41) is 5.95. The molecule has 0 atom stereocenters. The van der Waals surface area contributed by atoms with Gasteiger partial charge < -0.3 is 20.1 Å². The first kappa shape index (κ1) is 18.8. The summed E-state index contributed by atoms with van der Waals surface area (Å²) in [7, 11) is 3.50. The van der Waals surface area contributed by atoms with E-state index >= 15 is 0 Å². The molecule has 134 valence electrons. The fraction of sp³-hybridized carbons (Fsp3) is 0.350. The third-order valence-corrected chi connectivity index (χ3v) is 3.79. The van der Waals surface area contributed by atoms with Gasteiger partial charge in [-0.25, -0.2) is 0 Å². The molecule has 1 amide bonds. The molecule has 0 saturated carbocycles. The molecule has 0 saturated heterocycles. The third kappa shape index (κ3) is 6.47. The van der Waals surface area contributed by atoms with E-state index in [0.29, 0.717) is 31.1 Å². The smallest absolute Gasteiger partial charge is 0.220 e. The van der Waals surface area contributed by atoms with E-state index < -0.39 is 0 Å². The van der Waals surface area contributed by atoms with Gasteiger partial charge in [0.15, 0.2) is 11.5 Å². The molecule has 5 heteroatoms. The first-order valence-electron chi connectivity index (χ1n) is 8.48. The van der Waals surface area contributed by atoms with Gasteiger partial charge in [0.05, 0.1) is 7.11 Å². The zero-order valence-electron chi connectivity index (χ0n) is 14.9. The number of carbonyl (C=O) groups excluding carboxylic acids is 1. The van der Waals surface area contributed by atoms with Crippen molar-refractivity contribution in [1.29, 1.82) is 0 Å². The van der Waals surface area contributed by atoms with Gasteiger partial charge in [-0.3, -0.25) is 4.79 Å². The summed E-state index contributed by atoms with van der Waals surface area (Å²) in [6.07, 6.45) is 1.36. The van der Waals surface area contributed by atoms with Gasteiger partial charge in [0.2, 0.25) is 5.91 Å². The molecule has 5 nitrogen and oxygen atoms in total. The van der Waals surface area contributed by atoms with Gasteiger partial charge in [0.25, 0.3) is 0 Å². The molecule has 0 aliphatic heterocycles. The number of ether oxygens (including phenoxy) is 2. The molecule has 0 heterocycles. The van der Waals surface area contributed by atoms with Gasteiger partial charge in [-0.05, 0) is 43.3 Å². The second-order valence-electron chi connectivity index (χ2n) is 5.74. The van der Waals surface area contributed by atoms with Crippen molar-refractivity contribution in [3.63, 3.8) is 0 Å². The van der Waals surface area contributed by atoms with Crippen LogP contribution in [0.25, 0.3) is 0 Å². The van der Waals surface area contributed by atoms with Crippen molar-refractivity contribution in [2.75, 3.05) is 20.7 Å². The molecule has 2 aromatic carbocycles. The average molecular weight is 342 g/mol. The minimum Gasteiger partial charge on any atom is -0.493 e. The summed E-state index contributed by atoms with van der Waals surface area (Å²) < 4.78 is 11.3. The van der Waals surface area contributed by atoms with E-state index in [0.717, 1.165) is 24.1 Å². The van der Waals surface area contributed by atoms with Crippen LogP contribution >= 0.6 is 0 Å². The van der Waals surface area contributed by atoms with Gasteiger partial charge in [0, 0.05) is 13.0 Å². The predicted molar refractivity (Wildman–Crippen MR) is 98.8 cm³/mol. The van der Waals surface area contributed by atoms with Crippen LogP contribution in [0.15, 0.2) is 48.5 Å². The SMILES string of the molecule is CNCCCC(=O)NCc1ccc(OCc2ccccc2)c(OC)c1. The average Bonchev–Trinajstić information content (AvgIpc) is 2.66. The van der Waals surface area contributed by atoms with Crippen molar-refractivity contribution in [2.45, 2.75) is 26.0 Å². The van der Waals surface area contributed by atoms with Crippen molar-refractivity contribution in [3.05, 3.63) is 59.7 Å². The molecule has 0 unspecified atom stereocenters. The minimum atomic E-state index is 0.0543. The Morgan fingerprint density at radius 2 is 1.84 bits per heavy atom. The molecule has 0 aromatic heterocycles. The first-order chi connectivity index (χ1) is 12.2. The number of amides is 1. The maximum atomic E-state index is 11.8. The highest BCUT2D eigenvalue weighted by Gasteiger charge is 2.07. The quantitative estimate of drug-likeness (QED) is 0.652. The van der Waals surface area contributed by atoms with E-state index in [1.54, 1.807) is 7.11 Å². The number of methoxy groups -OCH3 is 1. The van der Waals surface area contributed by atoms with E-state index in [9.17, 15) is 4.79 Å². The van der Waals surface area contributed by atoms with Crippen molar-refractivity contribution in [2.24, 2.45) is 0 Å². The van der Waals surface area contributed by atoms with E-state index in [-0.39, 0.29) is 5.91 Å². The largest absolute Gasteiger partial charge is 0.493 e. The molecular weight excluding hydrogens is 316 g/mol. The Balaban J connectivity index is 1.88. The predicted octanol–water partition coefficient (Wildman–Crippen LogP) is 2.89. The number of rotatable bonds is 10. The highest BCUT2D eigenvalue weighted by Crippen LogP contribution is 2.28. The number of carbonyl (C=O) groups is 1. The number of benzene rings is 2. The van der Waals surface area contributed by atoms with Crippen LogP contribution in [0, 0.1) is 0 Å². The molecular formula is C20H26N2O3. The highest BCUT2D eigenvalue weighted by atomic mass is 16.5. The molecule has 25 heavy (non-hydrogen) atoms. The maximum absolute atomic E-state index is 11.8. The van der Waals surface area contributed by atoms with E-state index in [1.807, 2.05) is 55.6 Å². The first-order valence-corrected chi connectivity index (χ1v) is 8.48. The van der Waals surface area contributed by atoms with E-state index in [1.165, 1.54) is 0 Å². The molecule has 0 radical (unpaired) electrons. The standard InChI is InChI=1S/C20H26N2O3/c1-21-12-6-9-20(23)22-14-17-10-11-18(19(13-17)24-2)25-15-16-7-4-3-5-8-16/h3-5,7-8,10-11,13,21H,6,9,12,14-15H2,1-2H3,(H,22,23). The Hall–Kier alpha value is -2.53. The number of hydrogen-bond acceptors (Lipinski definition) is 4. The van der Waals surface area contributed by atoms with E-state index in [4.69, 9.17) is 9.47 Å². The summed E-state index contributed by atoms with van der Waals surface area (Å²) in [6.45, 7) is 1.81. The summed E-state index contributed by atoms with van der Waals surface area (Å²) in [5.74, 6) is 1.41. The lowest BCUT2D eigenvalue weighted by Gasteiger charge is -2.13. The van der Waals surface area contributed by atoms with Crippen molar-refractivity contribution in [3.8, 4) is 11.5 Å². The molecule has 2 N–H and O–H groups in total. The number of hydrogen-bond donors (Lipinski definition) is 2. The van der Waals surface area contributed by atoms with Crippen LogP contribution in [0.4, 0.5) is 0 Å². The summed E-state index contributed by atoms with van der Waals surface area (Å²) in [4.78, 5) is 11.8. The second-order valence-corrected chi connectivity index (χ2v) is 5.74. The lowest BCUT2D eigenvalue weighted by atomic mass is 10.2. The van der Waals surface area contributed by atoms with Crippen LogP contribution in [-0.4, -0.2) is 26.6 Å². The topological polar surface area (TPSA) is 59.6 Å². The molecule has 2 rings (SSSR count). The summed E-state index contributed by atoms with van der Waals surface area (Å²) >= 11 is 0. The molecule has 0 spiro atoms. The monoisotopic (exact) mass is 342 g/mol. The van der Waals surface area contributed by atoms with Crippen LogP contribution in [-0.2, 0) is 17.9 Å². The van der Waals surface area contributed by atoms with E-state index in [2.05, 4.69) is 10.6 Å². The third-order valence-electron chi connectivity index (χ3n) is 3.79. The zero-order valence-corrected chi connectivity index (χ0v) is 14.9. The Kier molecular flexibility index (Phi) is 7.79. The molecule has 0 bridgehead atoms. The zero-order chi connectivity index (χ0) is 17.9. The molecule has 0 fully saturated rings. The molecule has 0 aliphatic rings. The Bertz CT molecular complexity index is 659. The van der Waals surface area contributed by atoms with Gasteiger partial charge in [-0.1, -0.05) is 36.4 Å². The molecule has 0 aliphatic carbocycles. The fourth-order valence-corrected chi connectivity index (χ4v) is 2.39.